The van der Waals surface area contributed by atoms with E-state index in [4.69, 9.17) is 11.6 Å². The van der Waals surface area contributed by atoms with Gasteiger partial charge < -0.3 is 5.32 Å². The van der Waals surface area contributed by atoms with E-state index in [0.29, 0.717) is 12.8 Å². The zero-order valence-corrected chi connectivity index (χ0v) is 12.3. The van der Waals surface area contributed by atoms with E-state index in [-0.39, 0.29) is 28.5 Å². The normalized spacial score (nSPS) is 23.4. The summed E-state index contributed by atoms with van der Waals surface area (Å²) in [6, 6.07) is 4.70. The molecular weight excluding hydrogens is 289 g/mol. The number of hydrogen-bond donors (Lipinski definition) is 1. The molecule has 0 aliphatic carbocycles. The molecule has 1 aliphatic rings. The molecule has 0 aromatic heterocycles. The van der Waals surface area contributed by atoms with Crippen molar-refractivity contribution < 1.29 is 12.8 Å². The molecule has 6 heteroatoms. The summed E-state index contributed by atoms with van der Waals surface area (Å²) in [4.78, 5) is 0. The second-order valence-corrected chi connectivity index (χ2v) is 7.65. The number of nitrogens with one attached hydrogen (secondary N) is 1. The van der Waals surface area contributed by atoms with E-state index in [1.807, 2.05) is 7.05 Å². The highest BCUT2D eigenvalue weighted by Gasteiger charge is 2.33. The Kier molecular flexibility index (Phi) is 4.48. The van der Waals surface area contributed by atoms with E-state index in [2.05, 4.69) is 5.32 Å². The molecule has 1 N–H and O–H groups in total. The first-order valence-corrected chi connectivity index (χ1v) is 8.43. The van der Waals surface area contributed by atoms with Gasteiger partial charge in [-0.1, -0.05) is 17.7 Å². The Morgan fingerprint density at radius 3 is 2.79 bits per heavy atom. The van der Waals surface area contributed by atoms with Gasteiger partial charge in [-0.3, -0.25) is 0 Å². The Morgan fingerprint density at radius 1 is 1.53 bits per heavy atom. The third-order valence-corrected chi connectivity index (χ3v) is 5.73. The lowest BCUT2D eigenvalue weighted by Crippen LogP contribution is -2.36. The Balaban J connectivity index is 2.09. The predicted molar refractivity (Wildman–Crippen MR) is 74.7 cm³/mol. The van der Waals surface area contributed by atoms with Crippen molar-refractivity contribution in [2.24, 2.45) is 5.92 Å². The molecule has 0 spiro atoms. The average Bonchev–Trinajstić information content (AvgIpc) is 2.71. The first-order valence-electron chi connectivity index (χ1n) is 6.23. The quantitative estimate of drug-likeness (QED) is 0.926. The van der Waals surface area contributed by atoms with Crippen LogP contribution >= 0.6 is 11.6 Å². The van der Waals surface area contributed by atoms with Crippen LogP contribution < -0.4 is 5.32 Å². The van der Waals surface area contributed by atoms with Gasteiger partial charge in [-0.05, 0) is 43.5 Å². The van der Waals surface area contributed by atoms with Crippen molar-refractivity contribution in [3.8, 4) is 0 Å². The van der Waals surface area contributed by atoms with Gasteiger partial charge in [-0.2, -0.15) is 0 Å². The van der Waals surface area contributed by atoms with Gasteiger partial charge in [-0.25, -0.2) is 12.8 Å². The molecular formula is C13H17ClFNO2S. The fraction of sp³-hybridized carbons (Fsp3) is 0.538. The standard InChI is InChI=1S/C13H17ClFNO2S/c1-16-13(10-4-5-19(17,18)8-10)7-9-2-3-12(15)11(14)6-9/h2-3,6,10,13,16H,4-5,7-8H2,1H3. The average molecular weight is 306 g/mol. The minimum Gasteiger partial charge on any atom is -0.316 e. The summed E-state index contributed by atoms with van der Waals surface area (Å²) < 4.78 is 36.1. The van der Waals surface area contributed by atoms with Gasteiger partial charge >= 0.3 is 0 Å². The Labute approximate surface area is 118 Å². The van der Waals surface area contributed by atoms with Gasteiger partial charge in [0, 0.05) is 6.04 Å². The van der Waals surface area contributed by atoms with E-state index >= 15 is 0 Å². The Bertz CT molecular complexity index is 562. The topological polar surface area (TPSA) is 46.2 Å². The molecule has 19 heavy (non-hydrogen) atoms. The largest absolute Gasteiger partial charge is 0.316 e. The van der Waals surface area contributed by atoms with Crippen LogP contribution in [0.25, 0.3) is 0 Å². The number of halogens is 2. The summed E-state index contributed by atoms with van der Waals surface area (Å²) in [6.45, 7) is 0. The zero-order valence-electron chi connectivity index (χ0n) is 10.7. The van der Waals surface area contributed by atoms with Crippen LogP contribution in [-0.2, 0) is 16.3 Å². The van der Waals surface area contributed by atoms with Crippen LogP contribution in [0.5, 0.6) is 0 Å². The molecule has 1 aromatic carbocycles. The summed E-state index contributed by atoms with van der Waals surface area (Å²) in [5, 5.41) is 3.27. The van der Waals surface area contributed by atoms with E-state index in [1.165, 1.54) is 6.07 Å². The zero-order chi connectivity index (χ0) is 14.0. The Morgan fingerprint density at radius 2 is 2.26 bits per heavy atom. The summed E-state index contributed by atoms with van der Waals surface area (Å²) >= 11 is 5.75. The van der Waals surface area contributed by atoms with Gasteiger partial charge in [-0.15, -0.1) is 0 Å². The van der Waals surface area contributed by atoms with Crippen molar-refractivity contribution in [3.63, 3.8) is 0 Å². The van der Waals surface area contributed by atoms with Crippen LogP contribution in [0.3, 0.4) is 0 Å². The fourth-order valence-electron chi connectivity index (χ4n) is 2.57. The van der Waals surface area contributed by atoms with Crippen LogP contribution in [0.1, 0.15) is 12.0 Å². The van der Waals surface area contributed by atoms with E-state index in [0.717, 1.165) is 5.56 Å². The van der Waals surface area contributed by atoms with Crippen molar-refractivity contribution in [2.75, 3.05) is 18.6 Å². The fourth-order valence-corrected chi connectivity index (χ4v) is 4.65. The summed E-state index contributed by atoms with van der Waals surface area (Å²) in [7, 11) is -1.06. The molecule has 106 valence electrons. The molecule has 1 fully saturated rings. The van der Waals surface area contributed by atoms with Crippen LogP contribution in [0.15, 0.2) is 18.2 Å². The van der Waals surface area contributed by atoms with E-state index in [1.54, 1.807) is 12.1 Å². The second kappa shape index (κ2) is 5.77. The van der Waals surface area contributed by atoms with E-state index < -0.39 is 15.7 Å². The lowest BCUT2D eigenvalue weighted by Gasteiger charge is -2.22. The number of likely N-dealkylation sites (N-methyl/N-ethyl adjacent to an activating group) is 1. The van der Waals surface area contributed by atoms with Crippen molar-refractivity contribution in [3.05, 3.63) is 34.6 Å². The van der Waals surface area contributed by atoms with Crippen molar-refractivity contribution in [1.82, 2.24) is 5.32 Å². The third-order valence-electron chi connectivity index (χ3n) is 3.65. The van der Waals surface area contributed by atoms with Crippen LogP contribution in [0.4, 0.5) is 4.39 Å². The lowest BCUT2D eigenvalue weighted by atomic mass is 9.93. The van der Waals surface area contributed by atoms with Crippen LogP contribution in [0.2, 0.25) is 5.02 Å². The maximum atomic E-state index is 13.1. The molecule has 0 amide bonds. The first kappa shape index (κ1) is 14.8. The molecule has 1 heterocycles. The second-order valence-electron chi connectivity index (χ2n) is 5.01. The molecule has 2 atom stereocenters. The SMILES string of the molecule is CNC(Cc1ccc(F)c(Cl)c1)C1CCS(=O)(=O)C1. The van der Waals surface area contributed by atoms with Gasteiger partial charge in [0.25, 0.3) is 0 Å². The molecule has 1 saturated heterocycles. The monoisotopic (exact) mass is 305 g/mol. The maximum absolute atomic E-state index is 13.1. The van der Waals surface area contributed by atoms with Crippen LogP contribution in [-0.4, -0.2) is 33.0 Å². The van der Waals surface area contributed by atoms with Crippen molar-refractivity contribution in [1.29, 1.82) is 0 Å². The molecule has 1 aromatic rings. The lowest BCUT2D eigenvalue weighted by molar-refractivity contribution is 0.403. The van der Waals surface area contributed by atoms with Crippen molar-refractivity contribution in [2.45, 2.75) is 18.9 Å². The molecule has 2 rings (SSSR count). The minimum absolute atomic E-state index is 0.0683. The maximum Gasteiger partial charge on any atom is 0.150 e. The van der Waals surface area contributed by atoms with Gasteiger partial charge in [0.15, 0.2) is 9.84 Å². The highest BCUT2D eigenvalue weighted by molar-refractivity contribution is 7.91. The summed E-state index contributed by atoms with van der Waals surface area (Å²) in [5.74, 6) is 0.168. The molecule has 3 nitrogen and oxygen atoms in total. The van der Waals surface area contributed by atoms with Crippen LogP contribution in [0, 0.1) is 11.7 Å². The van der Waals surface area contributed by atoms with Crippen molar-refractivity contribution >= 4 is 21.4 Å². The molecule has 2 unspecified atom stereocenters. The highest BCUT2D eigenvalue weighted by Crippen LogP contribution is 2.25. The smallest absolute Gasteiger partial charge is 0.150 e. The van der Waals surface area contributed by atoms with Gasteiger partial charge in [0.1, 0.15) is 5.82 Å². The highest BCUT2D eigenvalue weighted by atomic mass is 35.5. The first-order chi connectivity index (χ1) is 8.91. The predicted octanol–water partition coefficient (Wildman–Crippen LogP) is 2.04. The third kappa shape index (κ3) is 3.68. The summed E-state index contributed by atoms with van der Waals surface area (Å²) in [6.07, 6.45) is 1.33. The molecule has 1 aliphatic heterocycles. The molecule has 0 bridgehead atoms. The number of sulfone groups is 1. The molecule has 0 saturated carbocycles. The minimum atomic E-state index is -2.88. The summed E-state index contributed by atoms with van der Waals surface area (Å²) in [5.41, 5.74) is 0.912. The number of rotatable bonds is 4. The number of benzene rings is 1. The van der Waals surface area contributed by atoms with E-state index in [9.17, 15) is 12.8 Å². The van der Waals surface area contributed by atoms with Gasteiger partial charge in [0.05, 0.1) is 16.5 Å². The number of hydrogen-bond acceptors (Lipinski definition) is 3. The molecule has 0 radical (unpaired) electrons. The van der Waals surface area contributed by atoms with Gasteiger partial charge in [0.2, 0.25) is 0 Å². The Hall–Kier alpha value is -0.650.